The summed E-state index contributed by atoms with van der Waals surface area (Å²) in [4.78, 5) is 22.8. The molecule has 0 aromatic heterocycles. The molecule has 44 heavy (non-hydrogen) atoms. The topological polar surface area (TPSA) is 63.6 Å². The molecule has 0 amide bonds. The third-order valence-corrected chi connectivity index (χ3v) is 8.75. The fourth-order valence-electron chi connectivity index (χ4n) is 5.80. The second-order valence-electron chi connectivity index (χ2n) is 13.1. The van der Waals surface area contributed by atoms with Crippen molar-refractivity contribution in [2.24, 2.45) is 0 Å². The van der Waals surface area contributed by atoms with Crippen LogP contribution in [0.5, 0.6) is 0 Å². The predicted molar refractivity (Wildman–Crippen MR) is 190 cm³/mol. The number of carbonyl (C=O) groups excluding carboxylic acids is 1. The minimum atomic E-state index is -0.677. The third-order valence-electron chi connectivity index (χ3n) is 8.75. The van der Waals surface area contributed by atoms with E-state index in [1.807, 2.05) is 0 Å². The minimum Gasteiger partial charge on any atom is -0.481 e. The zero-order chi connectivity index (χ0) is 32.2. The Hall–Kier alpha value is -1.58. The summed E-state index contributed by atoms with van der Waals surface area (Å²) in [5.41, 5.74) is 0. The van der Waals surface area contributed by atoms with Crippen molar-refractivity contribution in [3.8, 4) is 0 Å². The predicted octanol–water partition coefficient (Wildman–Crippen LogP) is 13.2. The van der Waals surface area contributed by atoms with Crippen molar-refractivity contribution in [2.75, 3.05) is 0 Å². The van der Waals surface area contributed by atoms with Crippen LogP contribution >= 0.6 is 0 Å². The fourth-order valence-corrected chi connectivity index (χ4v) is 5.80. The first-order valence-electron chi connectivity index (χ1n) is 19.3. The van der Waals surface area contributed by atoms with Crippen LogP contribution in [0.4, 0.5) is 0 Å². The van der Waals surface area contributed by atoms with Gasteiger partial charge in [-0.25, -0.2) is 0 Å². The molecular weight excluding hydrogens is 544 g/mol. The summed E-state index contributed by atoms with van der Waals surface area (Å²) in [7, 11) is 0. The molecular formula is C40H74O4. The number of allylic oxidation sites excluding steroid dienone is 4. The van der Waals surface area contributed by atoms with E-state index < -0.39 is 5.97 Å². The van der Waals surface area contributed by atoms with E-state index in [0.29, 0.717) is 12.8 Å². The van der Waals surface area contributed by atoms with E-state index in [2.05, 4.69) is 38.2 Å². The number of esters is 1. The molecule has 0 aromatic carbocycles. The molecule has 0 heterocycles. The van der Waals surface area contributed by atoms with Gasteiger partial charge in [0.25, 0.3) is 0 Å². The summed E-state index contributed by atoms with van der Waals surface area (Å²) in [6.45, 7) is 4.39. The van der Waals surface area contributed by atoms with Crippen LogP contribution in [-0.4, -0.2) is 23.1 Å². The number of hydrogen-bond acceptors (Lipinski definition) is 3. The largest absolute Gasteiger partial charge is 0.481 e. The van der Waals surface area contributed by atoms with Crippen LogP contribution in [-0.2, 0) is 14.3 Å². The van der Waals surface area contributed by atoms with Crippen LogP contribution in [0.3, 0.4) is 0 Å². The van der Waals surface area contributed by atoms with Gasteiger partial charge in [-0.2, -0.15) is 0 Å². The molecule has 0 spiro atoms. The summed E-state index contributed by atoms with van der Waals surface area (Å²) < 4.78 is 5.77. The zero-order valence-electron chi connectivity index (χ0n) is 29.5. The molecule has 1 atom stereocenters. The number of carbonyl (C=O) groups is 2. The van der Waals surface area contributed by atoms with Gasteiger partial charge in [-0.05, 0) is 64.2 Å². The van der Waals surface area contributed by atoms with Crippen molar-refractivity contribution in [1.29, 1.82) is 0 Å². The van der Waals surface area contributed by atoms with Gasteiger partial charge in [0.15, 0.2) is 0 Å². The van der Waals surface area contributed by atoms with Crippen LogP contribution in [0.1, 0.15) is 213 Å². The van der Waals surface area contributed by atoms with Crippen LogP contribution in [0.2, 0.25) is 0 Å². The van der Waals surface area contributed by atoms with Crippen LogP contribution in [0, 0.1) is 0 Å². The Morgan fingerprint density at radius 1 is 0.523 bits per heavy atom. The molecule has 0 aliphatic heterocycles. The molecule has 0 fully saturated rings. The molecule has 1 N–H and O–H groups in total. The molecule has 1 unspecified atom stereocenters. The molecule has 258 valence electrons. The average Bonchev–Trinajstić information content (AvgIpc) is 3.01. The molecule has 0 bridgehead atoms. The summed E-state index contributed by atoms with van der Waals surface area (Å²) in [6.07, 6.45) is 45.7. The van der Waals surface area contributed by atoms with Crippen LogP contribution in [0.25, 0.3) is 0 Å². The van der Waals surface area contributed by atoms with E-state index in [-0.39, 0.29) is 12.1 Å². The number of ether oxygens (including phenoxy) is 1. The van der Waals surface area contributed by atoms with Gasteiger partial charge in [0.05, 0.1) is 0 Å². The van der Waals surface area contributed by atoms with Crippen LogP contribution in [0.15, 0.2) is 24.3 Å². The van der Waals surface area contributed by atoms with E-state index in [0.717, 1.165) is 57.8 Å². The lowest BCUT2D eigenvalue weighted by atomic mass is 10.0. The number of rotatable bonds is 35. The third kappa shape index (κ3) is 34.9. The van der Waals surface area contributed by atoms with Crippen molar-refractivity contribution in [3.05, 3.63) is 24.3 Å². The minimum absolute atomic E-state index is 0.00494. The second kappa shape index (κ2) is 35.9. The fraction of sp³-hybridized carbons (Fsp3) is 0.850. The van der Waals surface area contributed by atoms with E-state index in [4.69, 9.17) is 9.84 Å². The van der Waals surface area contributed by atoms with Gasteiger partial charge >= 0.3 is 11.9 Å². The zero-order valence-corrected chi connectivity index (χ0v) is 29.5. The number of aliphatic carboxylic acids is 1. The van der Waals surface area contributed by atoms with Crippen molar-refractivity contribution < 1.29 is 19.4 Å². The van der Waals surface area contributed by atoms with E-state index >= 15 is 0 Å². The maximum Gasteiger partial charge on any atom is 0.306 e. The van der Waals surface area contributed by atoms with E-state index in [1.54, 1.807) is 0 Å². The van der Waals surface area contributed by atoms with Gasteiger partial charge < -0.3 is 9.84 Å². The Morgan fingerprint density at radius 2 is 0.932 bits per heavy atom. The Morgan fingerprint density at radius 3 is 1.39 bits per heavy atom. The molecule has 0 aliphatic rings. The molecule has 0 aromatic rings. The lowest BCUT2D eigenvalue weighted by molar-refractivity contribution is -0.149. The highest BCUT2D eigenvalue weighted by atomic mass is 16.5. The van der Waals surface area contributed by atoms with Gasteiger partial charge in [0.1, 0.15) is 6.10 Å². The van der Waals surface area contributed by atoms with Gasteiger partial charge in [-0.1, -0.05) is 160 Å². The summed E-state index contributed by atoms with van der Waals surface area (Å²) >= 11 is 0. The first kappa shape index (κ1) is 42.4. The highest BCUT2D eigenvalue weighted by Crippen LogP contribution is 2.17. The Bertz CT molecular complexity index is 668. The molecule has 0 saturated heterocycles. The van der Waals surface area contributed by atoms with Gasteiger partial charge in [-0.3, -0.25) is 9.59 Å². The lowest BCUT2D eigenvalue weighted by Gasteiger charge is -2.16. The smallest absolute Gasteiger partial charge is 0.306 e. The van der Waals surface area contributed by atoms with Gasteiger partial charge in [0, 0.05) is 12.8 Å². The maximum absolute atomic E-state index is 12.3. The number of unbranched alkanes of at least 4 members (excludes halogenated alkanes) is 23. The molecule has 4 heteroatoms. The molecule has 0 aliphatic carbocycles. The van der Waals surface area contributed by atoms with Crippen molar-refractivity contribution in [1.82, 2.24) is 0 Å². The monoisotopic (exact) mass is 619 g/mol. The summed E-state index contributed by atoms with van der Waals surface area (Å²) in [5, 5.41) is 8.66. The first-order valence-corrected chi connectivity index (χ1v) is 19.3. The number of carboxylic acids is 1. The molecule has 0 saturated carbocycles. The van der Waals surface area contributed by atoms with Crippen molar-refractivity contribution in [2.45, 2.75) is 219 Å². The first-order chi connectivity index (χ1) is 21.6. The molecule has 0 radical (unpaired) electrons. The lowest BCUT2D eigenvalue weighted by Crippen LogP contribution is -2.17. The van der Waals surface area contributed by atoms with Crippen LogP contribution < -0.4 is 0 Å². The van der Waals surface area contributed by atoms with Gasteiger partial charge in [0.2, 0.25) is 0 Å². The Labute approximate surface area is 274 Å². The summed E-state index contributed by atoms with van der Waals surface area (Å²) in [6, 6.07) is 0. The molecule has 4 nitrogen and oxygen atoms in total. The van der Waals surface area contributed by atoms with Crippen molar-refractivity contribution >= 4 is 11.9 Å². The second-order valence-corrected chi connectivity index (χ2v) is 13.1. The maximum atomic E-state index is 12.3. The van der Waals surface area contributed by atoms with Crippen molar-refractivity contribution in [3.63, 3.8) is 0 Å². The number of carboxylic acid groups (broad SMARTS) is 1. The standard InChI is InChI=1S/C40H74O4/c1-3-5-6-7-8-9-10-11-12-13-14-15-16-17-18-19-20-25-28-31-34-37-40(43)44-38(4-2)35-32-29-26-23-21-22-24-27-30-33-36-39(41)42/h8-9,11-12,38H,3-7,10,13-37H2,1-2H3,(H,41,42)/b9-8-,12-11-. The quantitative estimate of drug-likeness (QED) is 0.0436. The Balaban J connectivity index is 3.42. The SMILES string of the molecule is CCCCC/C=C\C/C=C\CCCCCCCCCCCCCC(=O)OC(CC)CCCCCCCCCCCCC(=O)O. The number of hydrogen-bond donors (Lipinski definition) is 1. The van der Waals surface area contributed by atoms with Gasteiger partial charge in [-0.15, -0.1) is 0 Å². The normalized spacial score (nSPS) is 12.4. The van der Waals surface area contributed by atoms with E-state index in [9.17, 15) is 9.59 Å². The highest BCUT2D eigenvalue weighted by molar-refractivity contribution is 5.69. The highest BCUT2D eigenvalue weighted by Gasteiger charge is 2.12. The Kier molecular flexibility index (Phi) is 34.6. The average molecular weight is 619 g/mol. The molecule has 0 rings (SSSR count). The summed E-state index contributed by atoms with van der Waals surface area (Å²) in [5.74, 6) is -0.672. The van der Waals surface area contributed by atoms with E-state index in [1.165, 1.54) is 128 Å².